The first-order valence-corrected chi connectivity index (χ1v) is 8.90. The van der Waals surface area contributed by atoms with Crippen molar-refractivity contribution in [3.63, 3.8) is 0 Å². The predicted molar refractivity (Wildman–Crippen MR) is 91.0 cm³/mol. The molecule has 0 saturated carbocycles. The van der Waals surface area contributed by atoms with Crippen molar-refractivity contribution in [2.75, 3.05) is 36.2 Å². The second-order valence-corrected chi connectivity index (χ2v) is 5.93. The third kappa shape index (κ3) is 5.57. The summed E-state index contributed by atoms with van der Waals surface area (Å²) in [6, 6.07) is 0. The first-order chi connectivity index (χ1) is 9.72. The molecule has 5 heteroatoms. The van der Waals surface area contributed by atoms with Gasteiger partial charge >= 0.3 is 0 Å². The van der Waals surface area contributed by atoms with Crippen molar-refractivity contribution in [2.45, 2.75) is 46.0 Å². The van der Waals surface area contributed by atoms with Crippen molar-refractivity contribution in [1.82, 2.24) is 9.97 Å². The Morgan fingerprint density at radius 1 is 1.10 bits per heavy atom. The largest absolute Gasteiger partial charge is 0.373 e. The highest BCUT2D eigenvalue weighted by Gasteiger charge is 2.09. The van der Waals surface area contributed by atoms with E-state index in [2.05, 4.69) is 40.7 Å². The van der Waals surface area contributed by atoms with Gasteiger partial charge < -0.3 is 10.6 Å². The highest BCUT2D eigenvalue weighted by molar-refractivity contribution is 7.98. The highest BCUT2D eigenvalue weighted by atomic mass is 32.2. The summed E-state index contributed by atoms with van der Waals surface area (Å²) >= 11 is 1.92. The molecule has 1 heterocycles. The van der Waals surface area contributed by atoms with Gasteiger partial charge in [-0.25, -0.2) is 9.97 Å². The van der Waals surface area contributed by atoms with Gasteiger partial charge in [-0.1, -0.05) is 13.3 Å². The van der Waals surface area contributed by atoms with Crippen molar-refractivity contribution < 1.29 is 0 Å². The zero-order valence-corrected chi connectivity index (χ0v) is 14.1. The zero-order chi connectivity index (χ0) is 14.8. The highest BCUT2D eigenvalue weighted by Crippen LogP contribution is 2.20. The van der Waals surface area contributed by atoms with E-state index in [1.807, 2.05) is 18.8 Å². The molecule has 0 aliphatic carbocycles. The van der Waals surface area contributed by atoms with E-state index >= 15 is 0 Å². The number of aromatic nitrogens is 2. The van der Waals surface area contributed by atoms with Crippen LogP contribution in [0.5, 0.6) is 0 Å². The average Bonchev–Trinajstić information content (AvgIpc) is 2.45. The lowest BCUT2D eigenvalue weighted by atomic mass is 10.2. The smallest absolute Gasteiger partial charge is 0.134 e. The molecule has 0 radical (unpaired) electrons. The Morgan fingerprint density at radius 3 is 2.50 bits per heavy atom. The molecular weight excluding hydrogens is 268 g/mol. The van der Waals surface area contributed by atoms with Crippen LogP contribution in [0.1, 0.15) is 44.0 Å². The van der Waals surface area contributed by atoms with Crippen LogP contribution in [0.4, 0.5) is 11.6 Å². The fourth-order valence-corrected chi connectivity index (χ4v) is 2.56. The van der Waals surface area contributed by atoms with Gasteiger partial charge in [-0.2, -0.15) is 11.8 Å². The van der Waals surface area contributed by atoms with E-state index in [9.17, 15) is 0 Å². The van der Waals surface area contributed by atoms with Crippen LogP contribution in [-0.4, -0.2) is 35.6 Å². The van der Waals surface area contributed by atoms with Gasteiger partial charge in [0.25, 0.3) is 0 Å². The number of anilines is 2. The minimum Gasteiger partial charge on any atom is -0.373 e. The molecule has 1 aromatic rings. The Labute approximate surface area is 127 Å². The number of nitrogens with zero attached hydrogens (tertiary/aromatic N) is 2. The van der Waals surface area contributed by atoms with E-state index in [1.54, 1.807) is 0 Å². The Balaban J connectivity index is 2.56. The summed E-state index contributed by atoms with van der Waals surface area (Å²) in [4.78, 5) is 9.18. The number of nitrogens with one attached hydrogen (secondary N) is 2. The Bertz CT molecular complexity index is 396. The van der Waals surface area contributed by atoms with Crippen LogP contribution in [0, 0.1) is 6.92 Å². The summed E-state index contributed by atoms with van der Waals surface area (Å²) in [7, 11) is 1.91. The molecule has 1 aromatic heterocycles. The molecule has 0 aromatic carbocycles. The maximum Gasteiger partial charge on any atom is 0.134 e. The maximum absolute atomic E-state index is 4.64. The Hall–Kier alpha value is -0.970. The Kier molecular flexibility index (Phi) is 8.42. The Morgan fingerprint density at radius 2 is 1.85 bits per heavy atom. The lowest BCUT2D eigenvalue weighted by Gasteiger charge is -2.13. The lowest BCUT2D eigenvalue weighted by molar-refractivity contribution is 0.745. The van der Waals surface area contributed by atoms with Crippen molar-refractivity contribution >= 4 is 23.4 Å². The van der Waals surface area contributed by atoms with Crippen molar-refractivity contribution in [2.24, 2.45) is 0 Å². The molecule has 0 unspecified atom stereocenters. The lowest BCUT2D eigenvalue weighted by Crippen LogP contribution is -2.10. The number of aryl methyl sites for hydroxylation is 1. The fraction of sp³-hybridized carbons (Fsp3) is 0.733. The van der Waals surface area contributed by atoms with Crippen LogP contribution in [0.3, 0.4) is 0 Å². The fourth-order valence-electron chi connectivity index (χ4n) is 2.07. The van der Waals surface area contributed by atoms with E-state index in [1.165, 1.54) is 25.0 Å². The van der Waals surface area contributed by atoms with Crippen LogP contribution in [-0.2, 0) is 6.42 Å². The molecule has 4 nitrogen and oxygen atoms in total. The number of hydrogen-bond acceptors (Lipinski definition) is 5. The predicted octanol–water partition coefficient (Wildman–Crippen LogP) is 3.72. The van der Waals surface area contributed by atoms with E-state index < -0.39 is 0 Å². The van der Waals surface area contributed by atoms with Gasteiger partial charge in [-0.15, -0.1) is 0 Å². The second-order valence-electron chi connectivity index (χ2n) is 4.94. The van der Waals surface area contributed by atoms with Crippen molar-refractivity contribution in [3.8, 4) is 0 Å². The van der Waals surface area contributed by atoms with E-state index in [0.717, 1.165) is 42.4 Å². The average molecular weight is 296 g/mol. The first-order valence-electron chi connectivity index (χ1n) is 7.51. The standard InChI is InChI=1S/C15H28N4S/c1-5-9-13-18-14(16-3)12(2)15(19-13)17-10-7-6-8-11-20-4/h5-11H2,1-4H3,(H2,16,17,18,19). The first kappa shape index (κ1) is 17.1. The molecular formula is C15H28N4S. The van der Waals surface area contributed by atoms with Gasteiger partial charge in [0, 0.05) is 25.6 Å². The van der Waals surface area contributed by atoms with Gasteiger partial charge in [0.05, 0.1) is 0 Å². The monoisotopic (exact) mass is 296 g/mol. The molecule has 0 saturated heterocycles. The van der Waals surface area contributed by atoms with E-state index in [0.29, 0.717) is 0 Å². The topological polar surface area (TPSA) is 49.8 Å². The molecule has 2 N–H and O–H groups in total. The van der Waals surface area contributed by atoms with Gasteiger partial charge in [-0.05, 0) is 38.2 Å². The quantitative estimate of drug-likeness (QED) is 0.644. The molecule has 0 spiro atoms. The SMILES string of the molecule is CCCc1nc(NC)c(C)c(NCCCCCSC)n1. The third-order valence-electron chi connectivity index (χ3n) is 3.22. The minimum atomic E-state index is 0.923. The van der Waals surface area contributed by atoms with E-state index in [4.69, 9.17) is 0 Å². The number of rotatable bonds is 10. The van der Waals surface area contributed by atoms with Gasteiger partial charge in [0.2, 0.25) is 0 Å². The molecule has 1 rings (SSSR count). The van der Waals surface area contributed by atoms with E-state index in [-0.39, 0.29) is 0 Å². The molecule has 0 aliphatic rings. The zero-order valence-electron chi connectivity index (χ0n) is 13.3. The molecule has 0 atom stereocenters. The van der Waals surface area contributed by atoms with Crippen molar-refractivity contribution in [1.29, 1.82) is 0 Å². The van der Waals surface area contributed by atoms with Crippen LogP contribution in [0.2, 0.25) is 0 Å². The summed E-state index contributed by atoms with van der Waals surface area (Å²) < 4.78 is 0. The minimum absolute atomic E-state index is 0.923. The van der Waals surface area contributed by atoms with Crippen LogP contribution >= 0.6 is 11.8 Å². The second kappa shape index (κ2) is 9.86. The summed E-state index contributed by atoms with van der Waals surface area (Å²) in [6.45, 7) is 5.21. The maximum atomic E-state index is 4.64. The van der Waals surface area contributed by atoms with Gasteiger partial charge in [0.1, 0.15) is 17.5 Å². The third-order valence-corrected chi connectivity index (χ3v) is 3.92. The van der Waals surface area contributed by atoms with Gasteiger partial charge in [-0.3, -0.25) is 0 Å². The summed E-state index contributed by atoms with van der Waals surface area (Å²) in [5, 5.41) is 6.62. The summed E-state index contributed by atoms with van der Waals surface area (Å²) in [5.41, 5.74) is 1.11. The normalized spacial score (nSPS) is 10.6. The van der Waals surface area contributed by atoms with Crippen LogP contribution in [0.25, 0.3) is 0 Å². The summed E-state index contributed by atoms with van der Waals surface area (Å²) in [6.07, 6.45) is 7.93. The number of hydrogen-bond donors (Lipinski definition) is 2. The number of thioether (sulfide) groups is 1. The molecule has 0 fully saturated rings. The molecule has 0 amide bonds. The number of unbranched alkanes of at least 4 members (excludes halogenated alkanes) is 2. The van der Waals surface area contributed by atoms with Crippen LogP contribution in [0.15, 0.2) is 0 Å². The molecule has 114 valence electrons. The molecule has 0 bridgehead atoms. The molecule has 20 heavy (non-hydrogen) atoms. The van der Waals surface area contributed by atoms with Gasteiger partial charge in [0.15, 0.2) is 0 Å². The van der Waals surface area contributed by atoms with Crippen LogP contribution < -0.4 is 10.6 Å². The van der Waals surface area contributed by atoms with Crippen molar-refractivity contribution in [3.05, 3.63) is 11.4 Å². The molecule has 0 aliphatic heterocycles. The summed E-state index contributed by atoms with van der Waals surface area (Å²) in [5.74, 6) is 4.11.